The van der Waals surface area contributed by atoms with Crippen LogP contribution in [0.15, 0.2) is 0 Å². The molecule has 12 heteroatoms. The van der Waals surface area contributed by atoms with Gasteiger partial charge in [-0.15, -0.1) is 0 Å². The Bertz CT molecular complexity index is 798. The van der Waals surface area contributed by atoms with Gasteiger partial charge in [0.2, 0.25) is 0 Å². The molecule has 0 spiro atoms. The van der Waals surface area contributed by atoms with Gasteiger partial charge in [0, 0.05) is 33.4 Å². The molecular weight excluding hydrogens is 693 g/mol. The highest BCUT2D eigenvalue weighted by Gasteiger charge is 2.27. The van der Waals surface area contributed by atoms with Gasteiger partial charge in [0.15, 0.2) is 5.78 Å². The van der Waals surface area contributed by atoms with Crippen LogP contribution < -0.4 is 10.6 Å². The maximum absolute atomic E-state index is 12.5. The number of amides is 1. The molecule has 3 N–H and O–H groups in total. The molecule has 1 rings (SSSR count). The zero-order chi connectivity index (χ0) is 19.4. The van der Waals surface area contributed by atoms with E-state index in [1.54, 1.807) is 7.05 Å². The Morgan fingerprint density at radius 1 is 1.12 bits per heavy atom. The van der Waals surface area contributed by atoms with E-state index in [2.05, 4.69) is 10.6 Å². The second-order valence-electron chi connectivity index (χ2n) is 4.72. The van der Waals surface area contributed by atoms with Crippen LogP contribution in [0, 0.1) is 10.7 Å². The van der Waals surface area contributed by atoms with Gasteiger partial charge in [-0.2, -0.15) is 8.42 Å². The first-order chi connectivity index (χ1) is 11.5. The lowest BCUT2D eigenvalue weighted by atomic mass is 10.1. The molecule has 0 aliphatic carbocycles. The van der Waals surface area contributed by atoms with Gasteiger partial charge in [0.1, 0.15) is 6.61 Å². The summed E-state index contributed by atoms with van der Waals surface area (Å²) in [5.41, 5.74) is 1.26. The fourth-order valence-corrected chi connectivity index (χ4v) is 7.07. The topological polar surface area (TPSA) is 122 Å². The van der Waals surface area contributed by atoms with Gasteiger partial charge in [-0.1, -0.05) is 0 Å². The van der Waals surface area contributed by atoms with Crippen molar-refractivity contribution in [2.24, 2.45) is 0 Å². The third-order valence-electron chi connectivity index (χ3n) is 2.99. The summed E-state index contributed by atoms with van der Waals surface area (Å²) in [6.07, 6.45) is 0. The zero-order valence-corrected chi connectivity index (χ0v) is 20.4. The van der Waals surface area contributed by atoms with Crippen molar-refractivity contribution in [3.63, 3.8) is 0 Å². The van der Waals surface area contributed by atoms with E-state index in [0.29, 0.717) is 22.0 Å². The van der Waals surface area contributed by atoms with E-state index in [1.165, 1.54) is 7.11 Å². The molecule has 0 heterocycles. The first-order valence-corrected chi connectivity index (χ1v) is 11.5. The minimum Gasteiger partial charge on any atom is -0.386 e. The minimum atomic E-state index is -4.17. The number of halogens is 3. The number of ether oxygens (including phenoxy) is 1. The van der Waals surface area contributed by atoms with Gasteiger partial charge >= 0.3 is 0 Å². The number of hydrogen-bond acceptors (Lipinski definition) is 6. The van der Waals surface area contributed by atoms with E-state index >= 15 is 0 Å². The highest BCUT2D eigenvalue weighted by Crippen LogP contribution is 2.35. The molecule has 140 valence electrons. The molecule has 0 aliphatic heterocycles. The third kappa shape index (κ3) is 6.12. The highest BCUT2D eigenvalue weighted by atomic mass is 127. The number of methoxy groups -OCH3 is 1. The number of benzene rings is 1. The number of anilines is 1. The molecule has 0 aromatic heterocycles. The van der Waals surface area contributed by atoms with Crippen molar-refractivity contribution in [1.29, 1.82) is 0 Å². The smallest absolute Gasteiger partial charge is 0.266 e. The minimum absolute atomic E-state index is 0.125. The molecular formula is C13H15I3N2O6S. The lowest BCUT2D eigenvalue weighted by Gasteiger charge is -2.18. The van der Waals surface area contributed by atoms with Crippen LogP contribution in [0.5, 0.6) is 0 Å². The number of rotatable bonds is 8. The fourth-order valence-electron chi connectivity index (χ4n) is 1.91. The molecule has 0 saturated heterocycles. The zero-order valence-electron chi connectivity index (χ0n) is 13.2. The van der Waals surface area contributed by atoms with Crippen LogP contribution in [0.3, 0.4) is 0 Å². The summed E-state index contributed by atoms with van der Waals surface area (Å²) in [4.78, 5) is 24.9. The first-order valence-electron chi connectivity index (χ1n) is 6.68. The number of ketones is 1. The van der Waals surface area contributed by atoms with Crippen molar-refractivity contribution in [3.05, 3.63) is 21.8 Å². The van der Waals surface area contributed by atoms with Crippen LogP contribution in [0.4, 0.5) is 5.69 Å². The van der Waals surface area contributed by atoms with E-state index in [0.717, 1.165) is 0 Å². The molecule has 0 unspecified atom stereocenters. The summed E-state index contributed by atoms with van der Waals surface area (Å²) in [5.74, 6) is -1.39. The number of hydrogen-bond donors (Lipinski definition) is 3. The Kier molecular flexibility index (Phi) is 9.26. The van der Waals surface area contributed by atoms with Gasteiger partial charge in [0.05, 0.1) is 20.6 Å². The molecule has 0 saturated carbocycles. The summed E-state index contributed by atoms with van der Waals surface area (Å²) < 4.78 is 36.9. The molecule has 0 aliphatic rings. The first kappa shape index (κ1) is 23.3. The van der Waals surface area contributed by atoms with E-state index in [4.69, 9.17) is 9.29 Å². The molecule has 0 fully saturated rings. The van der Waals surface area contributed by atoms with Crippen molar-refractivity contribution in [2.45, 2.75) is 0 Å². The van der Waals surface area contributed by atoms with Gasteiger partial charge in [-0.05, 0) is 67.8 Å². The molecule has 1 aromatic rings. The number of carbonyl (C=O) groups is 2. The Morgan fingerprint density at radius 2 is 1.68 bits per heavy atom. The van der Waals surface area contributed by atoms with Gasteiger partial charge < -0.3 is 15.4 Å². The summed E-state index contributed by atoms with van der Waals surface area (Å²) >= 11 is 5.95. The maximum atomic E-state index is 12.5. The molecule has 25 heavy (non-hydrogen) atoms. The summed E-state index contributed by atoms with van der Waals surface area (Å²) in [7, 11) is -1.09. The van der Waals surface area contributed by atoms with Crippen LogP contribution >= 0.6 is 67.8 Å². The monoisotopic (exact) mass is 708 g/mol. The molecule has 8 nitrogen and oxygen atoms in total. The summed E-state index contributed by atoms with van der Waals surface area (Å²) in [6.45, 7) is -0.369. The normalized spacial score (nSPS) is 11.3. The van der Waals surface area contributed by atoms with Crippen molar-refractivity contribution in [1.82, 2.24) is 5.32 Å². The van der Waals surface area contributed by atoms with E-state index in [-0.39, 0.29) is 24.5 Å². The average Bonchev–Trinajstić information content (AvgIpc) is 2.46. The summed E-state index contributed by atoms with van der Waals surface area (Å²) in [5, 5.41) is 5.42. The lowest BCUT2D eigenvalue weighted by molar-refractivity contribution is 0.0846. The van der Waals surface area contributed by atoms with Crippen LogP contribution in [-0.2, 0) is 14.9 Å². The van der Waals surface area contributed by atoms with Crippen molar-refractivity contribution in [3.8, 4) is 0 Å². The Labute approximate surface area is 186 Å². The van der Waals surface area contributed by atoms with E-state index < -0.39 is 21.8 Å². The molecule has 0 radical (unpaired) electrons. The average molecular weight is 708 g/mol. The largest absolute Gasteiger partial charge is 0.386 e. The SMILES string of the molecule is CNc1c(I)c(C(=O)COC)c(I)c(C(=O)NCCS(=O)(=O)O)c1I. The lowest BCUT2D eigenvalue weighted by Crippen LogP contribution is -2.31. The molecule has 1 amide bonds. The predicted molar refractivity (Wildman–Crippen MR) is 119 cm³/mol. The van der Waals surface area contributed by atoms with Crippen molar-refractivity contribution < 1.29 is 27.3 Å². The predicted octanol–water partition coefficient (Wildman–Crippen LogP) is 1.99. The Morgan fingerprint density at radius 3 is 2.16 bits per heavy atom. The highest BCUT2D eigenvalue weighted by molar-refractivity contribution is 14.1. The summed E-state index contributed by atoms with van der Waals surface area (Å²) in [6, 6.07) is 0. The molecule has 0 atom stereocenters. The second-order valence-corrected chi connectivity index (χ2v) is 9.52. The van der Waals surface area contributed by atoms with Gasteiger partial charge in [0.25, 0.3) is 16.0 Å². The molecule has 0 bridgehead atoms. The van der Waals surface area contributed by atoms with Crippen molar-refractivity contribution in [2.75, 3.05) is 38.4 Å². The fraction of sp³-hybridized carbons (Fsp3) is 0.385. The van der Waals surface area contributed by atoms with Gasteiger partial charge in [-0.25, -0.2) is 0 Å². The van der Waals surface area contributed by atoms with Crippen LogP contribution in [-0.4, -0.2) is 57.7 Å². The quantitative estimate of drug-likeness (QED) is 0.215. The van der Waals surface area contributed by atoms with E-state index in [1.807, 2.05) is 67.8 Å². The molecule has 1 aromatic carbocycles. The van der Waals surface area contributed by atoms with Crippen molar-refractivity contribution >= 4 is 95.3 Å². The third-order valence-corrected chi connectivity index (χ3v) is 6.95. The second kappa shape index (κ2) is 9.95. The number of nitrogens with one attached hydrogen (secondary N) is 2. The Hall–Kier alpha value is 0.220. The number of carbonyl (C=O) groups excluding carboxylic acids is 2. The van der Waals surface area contributed by atoms with Crippen LogP contribution in [0.25, 0.3) is 0 Å². The standard InChI is InChI=1S/C13H15I3N2O6S/c1-17-12-10(15)7(6(19)5-24-2)9(14)8(11(12)16)13(20)18-3-4-25(21,22)23/h17H,3-5H2,1-2H3,(H,18,20)(H,21,22,23). The van der Waals surface area contributed by atoms with E-state index in [9.17, 15) is 18.0 Å². The van der Waals surface area contributed by atoms with Crippen LogP contribution in [0.1, 0.15) is 20.7 Å². The maximum Gasteiger partial charge on any atom is 0.266 e. The van der Waals surface area contributed by atoms with Gasteiger partial charge in [-0.3, -0.25) is 14.1 Å². The number of Topliss-reactive ketones (excluding diaryl/α,β-unsaturated/α-hetero) is 1. The Balaban J connectivity index is 3.36. The van der Waals surface area contributed by atoms with Crippen LogP contribution in [0.2, 0.25) is 0 Å².